The molecule has 0 aliphatic carbocycles. The molecule has 1 heterocycles. The van der Waals surface area contributed by atoms with E-state index in [9.17, 15) is 4.79 Å². The minimum absolute atomic E-state index is 0.217. The Morgan fingerprint density at radius 3 is 2.85 bits per heavy atom. The van der Waals surface area contributed by atoms with Gasteiger partial charge in [-0.25, -0.2) is 0 Å². The van der Waals surface area contributed by atoms with Crippen LogP contribution in [0.2, 0.25) is 0 Å². The van der Waals surface area contributed by atoms with Crippen molar-refractivity contribution >= 4 is 39.3 Å². The van der Waals surface area contributed by atoms with E-state index in [1.807, 2.05) is 30.3 Å². The molecule has 1 aromatic heterocycles. The van der Waals surface area contributed by atoms with Gasteiger partial charge in [0.2, 0.25) is 11.8 Å². The van der Waals surface area contributed by atoms with Gasteiger partial charge < -0.3 is 9.73 Å². The fourth-order valence-electron chi connectivity index (χ4n) is 2.12. The monoisotopic (exact) mass is 428 g/mol. The molecular formula is C18H13BrN4O2S. The Morgan fingerprint density at radius 2 is 2.08 bits per heavy atom. The summed E-state index contributed by atoms with van der Waals surface area (Å²) in [7, 11) is 0. The predicted octanol–water partition coefficient (Wildman–Crippen LogP) is 4.49. The maximum atomic E-state index is 12.3. The van der Waals surface area contributed by atoms with Crippen LogP contribution in [0.3, 0.4) is 0 Å². The van der Waals surface area contributed by atoms with Crippen LogP contribution in [-0.2, 0) is 4.79 Å². The van der Waals surface area contributed by atoms with Crippen molar-refractivity contribution in [2.75, 3.05) is 5.32 Å². The highest BCUT2D eigenvalue weighted by atomic mass is 79.9. The summed E-state index contributed by atoms with van der Waals surface area (Å²) in [5.41, 5.74) is 1.84. The van der Waals surface area contributed by atoms with Gasteiger partial charge >= 0.3 is 0 Å². The summed E-state index contributed by atoms with van der Waals surface area (Å²) in [6.07, 6.45) is 0. The number of hydrogen-bond donors (Lipinski definition) is 1. The first-order valence-corrected chi connectivity index (χ1v) is 9.30. The van der Waals surface area contributed by atoms with Crippen molar-refractivity contribution in [2.24, 2.45) is 0 Å². The molecule has 0 bridgehead atoms. The zero-order chi connectivity index (χ0) is 18.5. The van der Waals surface area contributed by atoms with Gasteiger partial charge in [0, 0.05) is 10.2 Å². The summed E-state index contributed by atoms with van der Waals surface area (Å²) in [6, 6.07) is 16.3. The molecule has 6 nitrogen and oxygen atoms in total. The number of nitrogens with one attached hydrogen (secondary N) is 1. The zero-order valence-electron chi connectivity index (χ0n) is 13.6. The summed E-state index contributed by atoms with van der Waals surface area (Å²) in [6.45, 7) is 1.75. The lowest BCUT2D eigenvalue weighted by atomic mass is 10.2. The van der Waals surface area contributed by atoms with E-state index in [-0.39, 0.29) is 5.91 Å². The van der Waals surface area contributed by atoms with E-state index in [4.69, 9.17) is 9.68 Å². The molecule has 1 atom stereocenters. The van der Waals surface area contributed by atoms with Gasteiger partial charge in [-0.1, -0.05) is 30.0 Å². The maximum Gasteiger partial charge on any atom is 0.277 e. The van der Waals surface area contributed by atoms with Gasteiger partial charge in [-0.15, -0.1) is 10.2 Å². The van der Waals surface area contributed by atoms with Crippen LogP contribution in [0.1, 0.15) is 12.5 Å². The lowest BCUT2D eigenvalue weighted by molar-refractivity contribution is -0.115. The number of benzene rings is 2. The van der Waals surface area contributed by atoms with Gasteiger partial charge in [0.1, 0.15) is 0 Å². The van der Waals surface area contributed by atoms with Gasteiger partial charge in [-0.3, -0.25) is 4.79 Å². The fraction of sp³-hybridized carbons (Fsp3) is 0.111. The Labute approximate surface area is 162 Å². The largest absolute Gasteiger partial charge is 0.411 e. The third-order valence-corrected chi connectivity index (χ3v) is 5.04. The maximum absolute atomic E-state index is 12.3. The number of nitriles is 1. The lowest BCUT2D eigenvalue weighted by Gasteiger charge is -2.09. The van der Waals surface area contributed by atoms with Crippen molar-refractivity contribution in [1.29, 1.82) is 5.26 Å². The minimum Gasteiger partial charge on any atom is -0.411 e. The number of carbonyl (C=O) groups excluding carboxylic acids is 1. The molecule has 8 heteroatoms. The Hall–Kier alpha value is -2.63. The zero-order valence-corrected chi connectivity index (χ0v) is 16.0. The first-order chi connectivity index (χ1) is 12.6. The third kappa shape index (κ3) is 4.31. The molecule has 0 aliphatic rings. The normalized spacial score (nSPS) is 11.6. The van der Waals surface area contributed by atoms with Gasteiger partial charge in [-0.05, 0) is 53.2 Å². The fourth-order valence-corrected chi connectivity index (χ4v) is 3.25. The number of halogens is 1. The van der Waals surface area contributed by atoms with Crippen LogP contribution in [0, 0.1) is 11.3 Å². The summed E-state index contributed by atoms with van der Waals surface area (Å²) in [4.78, 5) is 12.3. The second kappa shape index (κ2) is 8.17. The van der Waals surface area contributed by atoms with E-state index >= 15 is 0 Å². The standard InChI is InChI=1S/C18H13BrN4O2S/c1-11(16(24)21-13-6-4-5-12(9-13)10-20)26-18-23-22-17(25-18)14-7-2-3-8-15(14)19/h2-9,11H,1H3,(H,21,24). The Balaban J connectivity index is 1.66. The van der Waals surface area contributed by atoms with Crippen LogP contribution >= 0.6 is 27.7 Å². The quantitative estimate of drug-likeness (QED) is 0.601. The third-order valence-electron chi connectivity index (χ3n) is 3.42. The molecule has 0 aliphatic heterocycles. The van der Waals surface area contributed by atoms with Crippen LogP contribution in [0.15, 0.2) is 62.6 Å². The lowest BCUT2D eigenvalue weighted by Crippen LogP contribution is -2.22. The van der Waals surface area contributed by atoms with Crippen LogP contribution in [0.5, 0.6) is 0 Å². The average molecular weight is 429 g/mol. The minimum atomic E-state index is -0.451. The summed E-state index contributed by atoms with van der Waals surface area (Å²) < 4.78 is 6.50. The van der Waals surface area contributed by atoms with Crippen molar-refractivity contribution in [2.45, 2.75) is 17.4 Å². The van der Waals surface area contributed by atoms with Crippen molar-refractivity contribution in [1.82, 2.24) is 10.2 Å². The van der Waals surface area contributed by atoms with Gasteiger partial charge in [-0.2, -0.15) is 5.26 Å². The van der Waals surface area contributed by atoms with E-state index < -0.39 is 5.25 Å². The molecule has 0 radical (unpaired) electrons. The van der Waals surface area contributed by atoms with Crippen molar-refractivity contribution in [3.63, 3.8) is 0 Å². The second-order valence-electron chi connectivity index (χ2n) is 5.29. The van der Waals surface area contributed by atoms with Crippen LogP contribution in [-0.4, -0.2) is 21.4 Å². The van der Waals surface area contributed by atoms with E-state index in [1.165, 1.54) is 11.8 Å². The Kier molecular flexibility index (Phi) is 5.71. The first-order valence-electron chi connectivity index (χ1n) is 7.63. The molecule has 3 aromatic rings. The Bertz CT molecular complexity index is 983. The Morgan fingerprint density at radius 1 is 1.27 bits per heavy atom. The van der Waals surface area contributed by atoms with Crippen molar-refractivity contribution in [3.8, 4) is 17.5 Å². The number of aromatic nitrogens is 2. The molecule has 1 amide bonds. The number of amides is 1. The van der Waals surface area contributed by atoms with Crippen molar-refractivity contribution < 1.29 is 9.21 Å². The number of anilines is 1. The van der Waals surface area contributed by atoms with E-state index in [0.717, 1.165) is 10.0 Å². The molecule has 2 aromatic carbocycles. The molecule has 3 rings (SSSR count). The highest BCUT2D eigenvalue weighted by molar-refractivity contribution is 9.10. The smallest absolute Gasteiger partial charge is 0.277 e. The molecule has 0 saturated heterocycles. The van der Waals surface area contributed by atoms with Gasteiger partial charge in [0.15, 0.2) is 0 Å². The summed E-state index contributed by atoms with van der Waals surface area (Å²) in [5, 5.41) is 19.6. The summed E-state index contributed by atoms with van der Waals surface area (Å²) >= 11 is 4.61. The van der Waals surface area contributed by atoms with E-state index in [0.29, 0.717) is 22.4 Å². The van der Waals surface area contributed by atoms with E-state index in [2.05, 4.69) is 31.4 Å². The van der Waals surface area contributed by atoms with Crippen LogP contribution < -0.4 is 5.32 Å². The molecular weight excluding hydrogens is 416 g/mol. The SMILES string of the molecule is CC(Sc1nnc(-c2ccccc2Br)o1)C(=O)Nc1cccc(C#N)c1. The highest BCUT2D eigenvalue weighted by Crippen LogP contribution is 2.30. The van der Waals surface area contributed by atoms with E-state index in [1.54, 1.807) is 31.2 Å². The first kappa shape index (κ1) is 18.2. The number of hydrogen-bond acceptors (Lipinski definition) is 6. The molecule has 0 saturated carbocycles. The summed E-state index contributed by atoms with van der Waals surface area (Å²) in [5.74, 6) is 0.167. The molecule has 0 fully saturated rings. The number of nitrogens with zero attached hydrogens (tertiary/aromatic N) is 3. The highest BCUT2D eigenvalue weighted by Gasteiger charge is 2.19. The molecule has 26 heavy (non-hydrogen) atoms. The average Bonchev–Trinajstić information content (AvgIpc) is 3.10. The topological polar surface area (TPSA) is 91.8 Å². The van der Waals surface area contributed by atoms with Crippen molar-refractivity contribution in [3.05, 3.63) is 58.6 Å². The van der Waals surface area contributed by atoms with Crippen LogP contribution in [0.25, 0.3) is 11.5 Å². The van der Waals surface area contributed by atoms with Crippen LogP contribution in [0.4, 0.5) is 5.69 Å². The number of carbonyl (C=O) groups is 1. The molecule has 1 N–H and O–H groups in total. The predicted molar refractivity (Wildman–Crippen MR) is 103 cm³/mol. The second-order valence-corrected chi connectivity index (χ2v) is 7.44. The molecule has 130 valence electrons. The molecule has 0 spiro atoms. The van der Waals surface area contributed by atoms with Gasteiger partial charge in [0.25, 0.3) is 5.22 Å². The number of rotatable bonds is 5. The van der Waals surface area contributed by atoms with Gasteiger partial charge in [0.05, 0.1) is 22.4 Å². The molecule has 1 unspecified atom stereocenters. The number of thioether (sulfide) groups is 1.